The van der Waals surface area contributed by atoms with E-state index in [1.165, 1.54) is 143 Å². The Morgan fingerprint density at radius 3 is 1.27 bits per heavy atom. The summed E-state index contributed by atoms with van der Waals surface area (Å²) in [6, 6.07) is 82.2. The normalized spacial score (nSPS) is 14.7. The van der Waals surface area contributed by atoms with Gasteiger partial charge in [0, 0.05) is 0 Å². The van der Waals surface area contributed by atoms with Gasteiger partial charge in [-0.25, -0.2) is 0 Å². The fraction of sp³-hybridized carbons (Fsp3) is 0. The molecular formula is C70H40B2N8Se. The summed E-state index contributed by atoms with van der Waals surface area (Å²) in [7, 11) is 0. The van der Waals surface area contributed by atoms with Crippen LogP contribution in [0.1, 0.15) is 0 Å². The van der Waals surface area contributed by atoms with Crippen molar-refractivity contribution in [3.05, 3.63) is 218 Å². The molecule has 1 aromatic heterocycles. The molecule has 0 saturated heterocycles. The van der Waals surface area contributed by atoms with Crippen LogP contribution in [0.25, 0.3) is 42.3 Å². The summed E-state index contributed by atoms with van der Waals surface area (Å²) in [5.74, 6) is 0. The number of rotatable bonds is 4. The van der Waals surface area contributed by atoms with Crippen LogP contribution in [-0.4, -0.2) is 27.9 Å². The second-order valence-corrected chi connectivity index (χ2v) is 24.8. The maximum atomic E-state index is 4.07. The van der Waals surface area contributed by atoms with E-state index in [1.54, 1.807) is 0 Å². The van der Waals surface area contributed by atoms with Crippen LogP contribution in [-0.2, 0) is 0 Å². The number of nitrogens with one attached hydrogen (secondary N) is 4. The summed E-state index contributed by atoms with van der Waals surface area (Å²) in [5.41, 5.74) is 39.0. The molecule has 0 atom stereocenters. The molecule has 21 rings (SSSR count). The van der Waals surface area contributed by atoms with Crippen LogP contribution in [0.4, 0.5) is 114 Å². The molecule has 11 aromatic carbocycles. The Bertz CT molecular complexity index is 4930. The summed E-state index contributed by atoms with van der Waals surface area (Å²) in [4.78, 5) is 10.8. The number of para-hydroxylation sites is 2. The summed E-state index contributed by atoms with van der Waals surface area (Å²) >= 11 is -0.0936. The van der Waals surface area contributed by atoms with Crippen LogP contribution in [0.5, 0.6) is 0 Å². The molecule has 9 aliphatic rings. The van der Waals surface area contributed by atoms with Gasteiger partial charge in [0.15, 0.2) is 0 Å². The molecule has 0 spiro atoms. The number of nitrogens with zero attached hydrogens (tertiary/aromatic N) is 4. The van der Waals surface area contributed by atoms with E-state index < -0.39 is 0 Å². The Hall–Kier alpha value is -10.1. The third-order valence-corrected chi connectivity index (χ3v) is 21.4. The Kier molecular flexibility index (Phi) is 7.56. The Balaban J connectivity index is 0.918. The van der Waals surface area contributed by atoms with E-state index in [4.69, 9.17) is 0 Å². The molecule has 81 heavy (non-hydrogen) atoms. The van der Waals surface area contributed by atoms with Gasteiger partial charge in [-0.15, -0.1) is 0 Å². The third kappa shape index (κ3) is 5.01. The predicted octanol–water partition coefficient (Wildman–Crippen LogP) is 14.1. The molecule has 372 valence electrons. The molecule has 4 N–H and O–H groups in total. The summed E-state index contributed by atoms with van der Waals surface area (Å²) in [6.45, 7) is -0.188. The third-order valence-electron chi connectivity index (χ3n) is 18.8. The van der Waals surface area contributed by atoms with Crippen LogP contribution in [0, 0.1) is 0 Å². The molecular weight excluding hydrogens is 1050 g/mol. The molecule has 0 radical (unpaired) electrons. The molecule has 0 aliphatic carbocycles. The van der Waals surface area contributed by atoms with E-state index in [2.05, 4.69) is 259 Å². The number of hydrogen-bond donors (Lipinski definition) is 4. The van der Waals surface area contributed by atoms with Crippen molar-refractivity contribution < 1.29 is 0 Å². The van der Waals surface area contributed by atoms with Crippen molar-refractivity contribution in [1.29, 1.82) is 0 Å². The van der Waals surface area contributed by atoms with Gasteiger partial charge in [0.05, 0.1) is 0 Å². The average molecular weight is 1090 g/mol. The molecule has 0 saturated carbocycles. The van der Waals surface area contributed by atoms with Gasteiger partial charge in [0.25, 0.3) is 0 Å². The zero-order valence-electron chi connectivity index (χ0n) is 43.1. The van der Waals surface area contributed by atoms with E-state index in [0.29, 0.717) is 0 Å². The molecule has 0 bridgehead atoms. The van der Waals surface area contributed by atoms with Crippen molar-refractivity contribution in [2.75, 3.05) is 40.9 Å². The second-order valence-electron chi connectivity index (χ2n) is 22.7. The van der Waals surface area contributed by atoms with Gasteiger partial charge in [0.1, 0.15) is 0 Å². The van der Waals surface area contributed by atoms with Crippen molar-refractivity contribution >= 4 is 174 Å². The topological polar surface area (TPSA) is 61.1 Å². The SMILES string of the molecule is c1ccc(-c2cc3c4c(c2)B2c5ccc6c7c5N(c5ccc8c(c52)N4c2c(cccc2N8)N3)c2c(-c3ccccc3)[se]c(-c3ccccc3)c2N7c2ccc3c4c2B6c2ccc(-c5ccccc5)c5c2N4c2c(cccc2N5)N3)cc1. The van der Waals surface area contributed by atoms with Crippen LogP contribution >= 0.6 is 0 Å². The van der Waals surface area contributed by atoms with E-state index in [-0.39, 0.29) is 27.9 Å². The first-order valence-electron chi connectivity index (χ1n) is 28.0. The van der Waals surface area contributed by atoms with Crippen LogP contribution < -0.4 is 73.6 Å². The fourth-order valence-corrected chi connectivity index (χ4v) is 18.4. The van der Waals surface area contributed by atoms with Crippen molar-refractivity contribution in [3.8, 4) is 42.3 Å². The van der Waals surface area contributed by atoms with Crippen molar-refractivity contribution in [3.63, 3.8) is 0 Å². The van der Waals surface area contributed by atoms with Gasteiger partial charge in [-0.05, 0) is 0 Å². The molecule has 12 aromatic rings. The summed E-state index contributed by atoms with van der Waals surface area (Å²) in [6.07, 6.45) is 0. The standard InChI is InChI=1S/C70H40B2N8Se/c1-5-15-37(16-6-1)41-35-46-59-53(36-41)75-49-25-13-23-47-63(49)79(59)65-51(73-47)31-34-55-57(65)72(46)45-30-29-44-61-62(45)78(55)68-67(69(39-19-9-3-10-20-39)81-70(68)40-21-11-4-12-22-40)77(61)54-33-32-52-66-56(54)71(44)43-28-27-42(38-17-7-2-8-18-38)58-60(43)80(66)64-48(74-52)24-14-26-50(64)76-58/h1-36,73-76H. The average Bonchev–Trinajstić information content (AvgIpc) is 3.56. The number of anilines is 20. The monoisotopic (exact) mass is 1090 g/mol. The molecule has 8 nitrogen and oxygen atoms in total. The van der Waals surface area contributed by atoms with Crippen LogP contribution in [0.15, 0.2) is 218 Å². The van der Waals surface area contributed by atoms with Gasteiger partial charge in [-0.2, -0.15) is 0 Å². The maximum absolute atomic E-state index is 4.07. The van der Waals surface area contributed by atoms with Gasteiger partial charge in [-0.3, -0.25) is 0 Å². The van der Waals surface area contributed by atoms with Crippen molar-refractivity contribution in [2.24, 2.45) is 0 Å². The zero-order chi connectivity index (χ0) is 52.1. The van der Waals surface area contributed by atoms with Crippen molar-refractivity contribution in [2.45, 2.75) is 0 Å². The second kappa shape index (κ2) is 14.6. The number of fused-ring (bicyclic) bond motifs is 9. The first kappa shape index (κ1) is 42.0. The van der Waals surface area contributed by atoms with Gasteiger partial charge in [0.2, 0.25) is 0 Å². The van der Waals surface area contributed by atoms with E-state index in [0.717, 1.165) is 45.5 Å². The first-order valence-corrected chi connectivity index (χ1v) is 29.7. The molecule has 0 unspecified atom stereocenters. The van der Waals surface area contributed by atoms with Gasteiger partial charge < -0.3 is 0 Å². The fourth-order valence-electron chi connectivity index (χ4n) is 15.7. The summed E-state index contributed by atoms with van der Waals surface area (Å²) < 4.78 is 2.78. The van der Waals surface area contributed by atoms with E-state index in [9.17, 15) is 0 Å². The minimum absolute atomic E-state index is 0.0883. The molecule has 0 amide bonds. The Morgan fingerprint density at radius 1 is 0.272 bits per heavy atom. The molecule has 9 aliphatic heterocycles. The first-order chi connectivity index (χ1) is 40.2. The number of benzene rings is 11. The minimum atomic E-state index is -0.0998. The Labute approximate surface area is 473 Å². The Morgan fingerprint density at radius 2 is 0.716 bits per heavy atom. The van der Waals surface area contributed by atoms with E-state index in [1.807, 2.05) is 0 Å². The van der Waals surface area contributed by atoms with Gasteiger partial charge >= 0.3 is 452 Å². The molecule has 11 heteroatoms. The quantitative estimate of drug-likeness (QED) is 0.130. The number of hydrogen-bond acceptors (Lipinski definition) is 8. The van der Waals surface area contributed by atoms with Crippen LogP contribution in [0.2, 0.25) is 0 Å². The molecule has 10 heterocycles. The molecule has 0 fully saturated rings. The van der Waals surface area contributed by atoms with Crippen LogP contribution in [0.3, 0.4) is 0 Å². The summed E-state index contributed by atoms with van der Waals surface area (Å²) in [5, 5.41) is 16.1. The zero-order valence-corrected chi connectivity index (χ0v) is 44.8. The van der Waals surface area contributed by atoms with Gasteiger partial charge in [-0.1, -0.05) is 24.3 Å². The van der Waals surface area contributed by atoms with Crippen molar-refractivity contribution in [1.82, 2.24) is 0 Å². The van der Waals surface area contributed by atoms with E-state index >= 15 is 0 Å². The predicted molar refractivity (Wildman–Crippen MR) is 340 cm³/mol.